The maximum absolute atomic E-state index is 10.6. The van der Waals surface area contributed by atoms with Crippen molar-refractivity contribution in [2.24, 2.45) is 9.98 Å². The third-order valence-corrected chi connectivity index (χ3v) is 2.68. The number of hydrogen-bond donors (Lipinski definition) is 2. The minimum Gasteiger partial charge on any atom is -0.480 e. The van der Waals surface area contributed by atoms with Crippen LogP contribution in [0.5, 0.6) is 0 Å². The highest BCUT2D eigenvalue weighted by Gasteiger charge is 2.24. The van der Waals surface area contributed by atoms with Gasteiger partial charge in [0.05, 0.1) is 11.4 Å². The number of aliphatic carboxylic acids is 2. The minimum atomic E-state index is -1.03. The van der Waals surface area contributed by atoms with E-state index in [9.17, 15) is 9.59 Å². The van der Waals surface area contributed by atoms with Crippen LogP contribution in [0.15, 0.2) is 34.3 Å². The number of fused-ring (bicyclic) bond motifs is 1. The van der Waals surface area contributed by atoms with Crippen LogP contribution in [0.4, 0.5) is 0 Å². The molecule has 1 aliphatic rings. The number of carboxylic acids is 2. The molecule has 0 aromatic heterocycles. The molecule has 0 bridgehead atoms. The summed E-state index contributed by atoms with van der Waals surface area (Å²) < 4.78 is 0. The summed E-state index contributed by atoms with van der Waals surface area (Å²) >= 11 is 0. The van der Waals surface area contributed by atoms with Gasteiger partial charge in [0.1, 0.15) is 13.1 Å². The van der Waals surface area contributed by atoms with Gasteiger partial charge in [0.25, 0.3) is 0 Å². The molecule has 0 heterocycles. The Hall–Kier alpha value is -2.50. The molecule has 2 rings (SSSR count). The predicted molar refractivity (Wildman–Crippen MR) is 69.1 cm³/mol. The zero-order valence-corrected chi connectivity index (χ0v) is 10.0. The van der Waals surface area contributed by atoms with Gasteiger partial charge in [0, 0.05) is 12.0 Å². The van der Waals surface area contributed by atoms with E-state index in [0.717, 1.165) is 11.1 Å². The molecule has 1 aromatic rings. The zero-order valence-electron chi connectivity index (χ0n) is 10.0. The summed E-state index contributed by atoms with van der Waals surface area (Å²) in [4.78, 5) is 29.2. The smallest absolute Gasteiger partial charge is 0.325 e. The van der Waals surface area contributed by atoms with Crippen molar-refractivity contribution in [3.05, 3.63) is 35.4 Å². The topological polar surface area (TPSA) is 99.3 Å². The van der Waals surface area contributed by atoms with Crippen molar-refractivity contribution in [1.29, 1.82) is 0 Å². The maximum Gasteiger partial charge on any atom is 0.325 e. The van der Waals surface area contributed by atoms with Crippen molar-refractivity contribution < 1.29 is 19.8 Å². The van der Waals surface area contributed by atoms with E-state index in [4.69, 9.17) is 10.2 Å². The first-order valence-corrected chi connectivity index (χ1v) is 5.68. The number of hydrogen-bond acceptors (Lipinski definition) is 4. The van der Waals surface area contributed by atoms with Gasteiger partial charge >= 0.3 is 11.9 Å². The summed E-state index contributed by atoms with van der Waals surface area (Å²) in [6.07, 6.45) is 0.488. The Labute approximate surface area is 109 Å². The van der Waals surface area contributed by atoms with E-state index in [1.54, 1.807) is 0 Å². The third-order valence-electron chi connectivity index (χ3n) is 2.68. The summed E-state index contributed by atoms with van der Waals surface area (Å²) in [5.41, 5.74) is 2.83. The second-order valence-electron chi connectivity index (χ2n) is 4.05. The van der Waals surface area contributed by atoms with Gasteiger partial charge in [-0.3, -0.25) is 19.6 Å². The lowest BCUT2D eigenvalue weighted by Gasteiger charge is -2.00. The highest BCUT2D eigenvalue weighted by atomic mass is 16.4. The van der Waals surface area contributed by atoms with Gasteiger partial charge in [0.2, 0.25) is 0 Å². The molecule has 2 N–H and O–H groups in total. The van der Waals surface area contributed by atoms with E-state index in [2.05, 4.69) is 9.98 Å². The number of nitrogens with zero attached hydrogens (tertiary/aromatic N) is 2. The zero-order chi connectivity index (χ0) is 13.8. The molecule has 0 amide bonds. The largest absolute Gasteiger partial charge is 0.480 e. The second-order valence-corrected chi connectivity index (χ2v) is 4.05. The standard InChI is InChI=1S/C13H12N2O4/c16-11(17)6-14-10-5-8-3-1-2-4-9(8)13(10)15-7-12(18)19/h1-4H,5-7H2,(H,16,17)(H,18,19). The molecule has 1 aromatic carbocycles. The van der Waals surface area contributed by atoms with Crippen LogP contribution >= 0.6 is 0 Å². The van der Waals surface area contributed by atoms with Gasteiger partial charge in [-0.1, -0.05) is 24.3 Å². The van der Waals surface area contributed by atoms with Crippen LogP contribution in [-0.4, -0.2) is 46.7 Å². The Morgan fingerprint density at radius 2 is 1.68 bits per heavy atom. The molecule has 0 radical (unpaired) electrons. The van der Waals surface area contributed by atoms with Crippen molar-refractivity contribution in [2.45, 2.75) is 6.42 Å². The van der Waals surface area contributed by atoms with Crippen LogP contribution in [0.2, 0.25) is 0 Å². The summed E-state index contributed by atoms with van der Waals surface area (Å²) in [5.74, 6) is -2.06. The fraction of sp³-hybridized carbons (Fsp3) is 0.231. The molecule has 19 heavy (non-hydrogen) atoms. The fourth-order valence-corrected chi connectivity index (χ4v) is 1.94. The Bertz CT molecular complexity index is 590. The van der Waals surface area contributed by atoms with Crippen LogP contribution in [0.25, 0.3) is 0 Å². The highest BCUT2D eigenvalue weighted by molar-refractivity contribution is 6.51. The second kappa shape index (κ2) is 5.43. The van der Waals surface area contributed by atoms with Crippen molar-refractivity contribution in [3.63, 3.8) is 0 Å². The van der Waals surface area contributed by atoms with Crippen LogP contribution in [0.1, 0.15) is 11.1 Å². The molecule has 6 nitrogen and oxygen atoms in total. The quantitative estimate of drug-likeness (QED) is 0.829. The van der Waals surface area contributed by atoms with Gasteiger partial charge < -0.3 is 10.2 Å². The molecule has 0 saturated carbocycles. The normalized spacial score (nSPS) is 17.7. The first-order chi connectivity index (χ1) is 9.08. The molecule has 0 unspecified atom stereocenters. The number of benzene rings is 1. The van der Waals surface area contributed by atoms with Crippen molar-refractivity contribution in [1.82, 2.24) is 0 Å². The minimum absolute atomic E-state index is 0.338. The lowest BCUT2D eigenvalue weighted by molar-refractivity contribution is -0.136. The molecule has 1 aliphatic carbocycles. The van der Waals surface area contributed by atoms with E-state index < -0.39 is 11.9 Å². The van der Waals surface area contributed by atoms with Crippen LogP contribution in [-0.2, 0) is 16.0 Å². The summed E-state index contributed by atoms with van der Waals surface area (Å²) in [5, 5.41) is 17.3. The van der Waals surface area contributed by atoms with E-state index in [0.29, 0.717) is 17.8 Å². The van der Waals surface area contributed by atoms with E-state index in [-0.39, 0.29) is 13.1 Å². The lowest BCUT2D eigenvalue weighted by atomic mass is 10.1. The van der Waals surface area contributed by atoms with Crippen LogP contribution in [0, 0.1) is 0 Å². The average Bonchev–Trinajstić information content (AvgIpc) is 2.71. The fourth-order valence-electron chi connectivity index (χ4n) is 1.94. The van der Waals surface area contributed by atoms with E-state index >= 15 is 0 Å². The van der Waals surface area contributed by atoms with Crippen molar-refractivity contribution in [3.8, 4) is 0 Å². The first-order valence-electron chi connectivity index (χ1n) is 5.68. The molecular formula is C13H12N2O4. The Morgan fingerprint density at radius 1 is 1.05 bits per heavy atom. The summed E-state index contributed by atoms with van der Waals surface area (Å²) in [7, 11) is 0. The van der Waals surface area contributed by atoms with Gasteiger partial charge in [0.15, 0.2) is 0 Å². The Kier molecular flexibility index (Phi) is 3.70. The third kappa shape index (κ3) is 3.04. The first kappa shape index (κ1) is 12.9. The number of rotatable bonds is 4. The molecule has 0 fully saturated rings. The average molecular weight is 260 g/mol. The highest BCUT2D eigenvalue weighted by Crippen LogP contribution is 2.20. The molecular weight excluding hydrogens is 248 g/mol. The van der Waals surface area contributed by atoms with Gasteiger partial charge in [-0.25, -0.2) is 0 Å². The molecule has 98 valence electrons. The van der Waals surface area contributed by atoms with Gasteiger partial charge in [-0.05, 0) is 5.56 Å². The number of aliphatic imine (C=N–C) groups is 2. The van der Waals surface area contributed by atoms with Gasteiger partial charge in [-0.2, -0.15) is 0 Å². The molecule has 0 atom stereocenters. The van der Waals surface area contributed by atoms with Gasteiger partial charge in [-0.15, -0.1) is 0 Å². The summed E-state index contributed by atoms with van der Waals surface area (Å²) in [6.45, 7) is -0.689. The van der Waals surface area contributed by atoms with E-state index in [1.807, 2.05) is 24.3 Å². The Morgan fingerprint density at radius 3 is 2.37 bits per heavy atom. The maximum atomic E-state index is 10.6. The van der Waals surface area contributed by atoms with Crippen LogP contribution in [0.3, 0.4) is 0 Å². The monoisotopic (exact) mass is 260 g/mol. The lowest BCUT2D eigenvalue weighted by Crippen LogP contribution is -2.15. The molecule has 0 saturated heterocycles. The molecule has 0 spiro atoms. The SMILES string of the molecule is O=C(O)CN=C1Cc2ccccc2C1=NCC(=O)O. The van der Waals surface area contributed by atoms with Crippen molar-refractivity contribution in [2.75, 3.05) is 13.1 Å². The summed E-state index contributed by atoms with van der Waals surface area (Å²) in [6, 6.07) is 7.43. The Balaban J connectivity index is 2.36. The van der Waals surface area contributed by atoms with Crippen molar-refractivity contribution >= 4 is 23.4 Å². The number of carbonyl (C=O) groups is 2. The van der Waals surface area contributed by atoms with E-state index in [1.165, 1.54) is 0 Å². The van der Waals surface area contributed by atoms with Crippen LogP contribution < -0.4 is 0 Å². The molecule has 0 aliphatic heterocycles. The predicted octanol–water partition coefficient (Wildman–Crippen LogP) is 0.642. The number of carboxylic acid groups (broad SMARTS) is 2. The molecule has 6 heteroatoms.